The van der Waals surface area contributed by atoms with E-state index in [-0.39, 0.29) is 0 Å². The molecule has 3 heterocycles. The first kappa shape index (κ1) is 30.5. The summed E-state index contributed by atoms with van der Waals surface area (Å²) in [5, 5.41) is 13.6. The van der Waals surface area contributed by atoms with Gasteiger partial charge in [0.1, 0.15) is 0 Å². The van der Waals surface area contributed by atoms with Crippen LogP contribution < -0.4 is 25.6 Å². The fraction of sp³-hybridized carbons (Fsp3) is 0. The minimum Gasteiger partial charge on any atom is -0.308 e. The standard InChI is InChI=1S/C50H31NS2Si/c1-2-14-35-32(13-1)27-28-33-31-34(29-30-36(33)35)51(41-19-11-18-40-37-15-3-6-21-43(37)52-49(40)41)42-20-12-26-48-50(42)53-44-22-7-10-25-47(44)54(48)45-23-8-4-16-38(45)39-17-5-9-24-46(39)54/h1-31H. The number of fused-ring (bicyclic) bond motifs is 15. The lowest BCUT2D eigenvalue weighted by Gasteiger charge is -2.39. The summed E-state index contributed by atoms with van der Waals surface area (Å²) in [7, 11) is -2.68. The van der Waals surface area contributed by atoms with E-state index >= 15 is 0 Å². The summed E-state index contributed by atoms with van der Waals surface area (Å²) >= 11 is 3.85. The monoisotopic (exact) mass is 737 g/mol. The highest BCUT2D eigenvalue weighted by molar-refractivity contribution is 8.00. The van der Waals surface area contributed by atoms with Gasteiger partial charge in [0.2, 0.25) is 0 Å². The van der Waals surface area contributed by atoms with E-state index < -0.39 is 8.07 Å². The Morgan fingerprint density at radius 1 is 0.407 bits per heavy atom. The average Bonchev–Trinajstić information content (AvgIpc) is 3.76. The highest BCUT2D eigenvalue weighted by atomic mass is 32.2. The van der Waals surface area contributed by atoms with Crippen LogP contribution in [0.15, 0.2) is 198 Å². The first-order valence-electron chi connectivity index (χ1n) is 18.5. The highest BCUT2D eigenvalue weighted by Crippen LogP contribution is 2.49. The Morgan fingerprint density at radius 3 is 1.87 bits per heavy atom. The third kappa shape index (κ3) is 4.10. The molecule has 0 aliphatic carbocycles. The normalized spacial score (nSPS) is 13.6. The minimum atomic E-state index is -2.68. The maximum absolute atomic E-state index is 2.68. The van der Waals surface area contributed by atoms with Gasteiger partial charge in [0.25, 0.3) is 0 Å². The molecule has 1 nitrogen and oxygen atoms in total. The van der Waals surface area contributed by atoms with Crippen LogP contribution in [0, 0.1) is 0 Å². The van der Waals surface area contributed by atoms with E-state index in [2.05, 4.69) is 193 Å². The molecule has 0 unspecified atom stereocenters. The number of rotatable bonds is 3. The van der Waals surface area contributed by atoms with Gasteiger partial charge in [-0.1, -0.05) is 163 Å². The van der Waals surface area contributed by atoms with Gasteiger partial charge in [0, 0.05) is 31.0 Å². The van der Waals surface area contributed by atoms with Crippen LogP contribution in [0.25, 0.3) is 52.8 Å². The molecule has 9 aromatic carbocycles. The molecule has 0 fully saturated rings. The number of thiophene rings is 1. The topological polar surface area (TPSA) is 3.24 Å². The second kappa shape index (κ2) is 11.5. The van der Waals surface area contributed by atoms with Gasteiger partial charge < -0.3 is 4.90 Å². The van der Waals surface area contributed by atoms with E-state index in [9.17, 15) is 0 Å². The van der Waals surface area contributed by atoms with Crippen LogP contribution in [-0.2, 0) is 0 Å². The van der Waals surface area contributed by atoms with Crippen molar-refractivity contribution in [2.24, 2.45) is 0 Å². The van der Waals surface area contributed by atoms with Crippen LogP contribution in [0.2, 0.25) is 0 Å². The van der Waals surface area contributed by atoms with Gasteiger partial charge in [0.15, 0.2) is 8.07 Å². The molecular weight excluding hydrogens is 707 g/mol. The molecule has 1 aromatic heterocycles. The first-order chi connectivity index (χ1) is 26.8. The van der Waals surface area contributed by atoms with Gasteiger partial charge in [-0.15, -0.1) is 11.3 Å². The quantitative estimate of drug-likeness (QED) is 0.131. The van der Waals surface area contributed by atoms with Gasteiger partial charge in [-0.3, -0.25) is 0 Å². The van der Waals surface area contributed by atoms with Crippen molar-refractivity contribution in [1.82, 2.24) is 0 Å². The molecule has 1 spiro atoms. The Bertz CT molecular complexity index is 3130. The van der Waals surface area contributed by atoms with Gasteiger partial charge in [0.05, 0.1) is 16.1 Å². The molecular formula is C50H31NS2Si. The van der Waals surface area contributed by atoms with Gasteiger partial charge in [-0.05, 0) is 89.8 Å². The molecule has 0 saturated heterocycles. The number of anilines is 3. The lowest BCUT2D eigenvalue weighted by atomic mass is 10.0. The van der Waals surface area contributed by atoms with Crippen molar-refractivity contribution >= 4 is 111 Å². The molecule has 10 aromatic rings. The molecule has 54 heavy (non-hydrogen) atoms. The van der Waals surface area contributed by atoms with Crippen LogP contribution in [0.3, 0.4) is 0 Å². The predicted octanol–water partition coefficient (Wildman–Crippen LogP) is 11.7. The largest absolute Gasteiger partial charge is 0.308 e. The Labute approximate surface area is 322 Å². The molecule has 0 N–H and O–H groups in total. The third-order valence-electron chi connectivity index (χ3n) is 11.7. The molecule has 0 saturated carbocycles. The van der Waals surface area contributed by atoms with E-state index in [1.54, 1.807) is 0 Å². The van der Waals surface area contributed by atoms with Crippen molar-refractivity contribution in [2.45, 2.75) is 9.79 Å². The summed E-state index contributed by atoms with van der Waals surface area (Å²) in [6.07, 6.45) is 0. The van der Waals surface area contributed by atoms with E-state index in [1.165, 1.54) is 100 Å². The highest BCUT2D eigenvalue weighted by Gasteiger charge is 2.53. The van der Waals surface area contributed by atoms with Crippen LogP contribution in [-0.4, -0.2) is 8.07 Å². The summed E-state index contributed by atoms with van der Waals surface area (Å²) in [5.74, 6) is 0. The van der Waals surface area contributed by atoms with Crippen molar-refractivity contribution in [3.05, 3.63) is 188 Å². The number of hydrogen-bond acceptors (Lipinski definition) is 3. The van der Waals surface area contributed by atoms with Crippen LogP contribution in [0.1, 0.15) is 0 Å². The summed E-state index contributed by atoms with van der Waals surface area (Å²) < 4.78 is 2.62. The third-order valence-corrected chi connectivity index (χ3v) is 19.4. The average molecular weight is 738 g/mol. The maximum Gasteiger partial charge on any atom is 0.183 e. The zero-order valence-corrected chi connectivity index (χ0v) is 31.8. The zero-order chi connectivity index (χ0) is 35.4. The summed E-state index contributed by atoms with van der Waals surface area (Å²) in [6, 6.07) is 70.9. The summed E-state index contributed by atoms with van der Waals surface area (Å²) in [6.45, 7) is 0. The molecule has 0 bridgehead atoms. The lowest BCUT2D eigenvalue weighted by molar-refractivity contribution is 1.25. The summed E-state index contributed by atoms with van der Waals surface area (Å²) in [5.41, 5.74) is 6.37. The maximum atomic E-state index is 2.57. The Kier molecular flexibility index (Phi) is 6.53. The Morgan fingerprint density at radius 2 is 1.02 bits per heavy atom. The van der Waals surface area contributed by atoms with Crippen molar-refractivity contribution in [2.75, 3.05) is 4.90 Å². The van der Waals surface area contributed by atoms with Gasteiger partial charge in [-0.25, -0.2) is 0 Å². The second-order valence-corrected chi connectivity index (χ2v) is 20.1. The molecule has 2 aliphatic heterocycles. The summed E-state index contributed by atoms with van der Waals surface area (Å²) in [4.78, 5) is 5.28. The smallest absolute Gasteiger partial charge is 0.183 e. The van der Waals surface area contributed by atoms with Crippen molar-refractivity contribution in [1.29, 1.82) is 0 Å². The Hall–Kier alpha value is -5.91. The van der Waals surface area contributed by atoms with Crippen LogP contribution in [0.4, 0.5) is 17.1 Å². The molecule has 0 amide bonds. The zero-order valence-electron chi connectivity index (χ0n) is 29.2. The number of nitrogens with zero attached hydrogens (tertiary/aromatic N) is 1. The molecule has 12 rings (SSSR count). The number of benzene rings is 9. The molecule has 252 valence electrons. The van der Waals surface area contributed by atoms with Crippen molar-refractivity contribution in [3.63, 3.8) is 0 Å². The van der Waals surface area contributed by atoms with E-state index in [0.29, 0.717) is 0 Å². The van der Waals surface area contributed by atoms with Gasteiger partial charge in [-0.2, -0.15) is 0 Å². The Balaban J connectivity index is 1.19. The predicted molar refractivity (Wildman–Crippen MR) is 236 cm³/mol. The van der Waals surface area contributed by atoms with E-state index in [1.807, 2.05) is 23.1 Å². The van der Waals surface area contributed by atoms with Crippen molar-refractivity contribution < 1.29 is 0 Å². The lowest BCUT2D eigenvalue weighted by Crippen LogP contribution is -2.74. The second-order valence-electron chi connectivity index (χ2n) is 14.4. The van der Waals surface area contributed by atoms with Crippen LogP contribution in [0.5, 0.6) is 0 Å². The molecule has 0 radical (unpaired) electrons. The first-order valence-corrected chi connectivity index (χ1v) is 22.1. The molecule has 0 atom stereocenters. The molecule has 2 aliphatic rings. The number of hydrogen-bond donors (Lipinski definition) is 0. The van der Waals surface area contributed by atoms with Crippen LogP contribution >= 0.6 is 23.1 Å². The van der Waals surface area contributed by atoms with Crippen molar-refractivity contribution in [3.8, 4) is 11.1 Å². The van der Waals surface area contributed by atoms with Gasteiger partial charge >= 0.3 is 0 Å². The minimum absolute atomic E-state index is 1.17. The fourth-order valence-corrected chi connectivity index (χ4v) is 18.2. The SMILES string of the molecule is c1ccc2c(c1)Sc1c(N(c3ccc4c(ccc5ccccc54)c3)c3cccc4c3sc3ccccc34)cccc1[Si]21c2ccccc2-c2ccccc21. The van der Waals surface area contributed by atoms with E-state index in [0.717, 1.165) is 0 Å². The fourth-order valence-electron chi connectivity index (χ4n) is 9.50. The van der Waals surface area contributed by atoms with E-state index in [4.69, 9.17) is 0 Å². The molecule has 4 heteroatoms.